The molecule has 37 heavy (non-hydrogen) atoms. The number of fused-ring (bicyclic) bond motifs is 2. The second-order valence-corrected chi connectivity index (χ2v) is 10.8. The van der Waals surface area contributed by atoms with Crippen LogP contribution < -0.4 is 5.32 Å². The van der Waals surface area contributed by atoms with Gasteiger partial charge < -0.3 is 10.0 Å². The Morgan fingerprint density at radius 2 is 1.95 bits per heavy atom. The quantitative estimate of drug-likeness (QED) is 0.507. The fourth-order valence-corrected chi connectivity index (χ4v) is 6.31. The third kappa shape index (κ3) is 4.11. The molecule has 0 saturated carbocycles. The number of rotatable bonds is 4. The second-order valence-electron chi connectivity index (χ2n) is 9.94. The normalized spacial score (nSPS) is 22.0. The molecule has 2 N–H and O–H groups in total. The number of piperidine rings is 2. The fourth-order valence-electron chi connectivity index (χ4n) is 5.65. The topological polar surface area (TPSA) is 103 Å². The van der Waals surface area contributed by atoms with Crippen molar-refractivity contribution in [1.29, 1.82) is 0 Å². The van der Waals surface area contributed by atoms with Gasteiger partial charge in [-0.05, 0) is 43.0 Å². The molecule has 6 rings (SSSR count). The number of aliphatic hydroxyl groups is 1. The molecule has 1 atom stereocenters. The lowest BCUT2D eigenvalue weighted by Crippen LogP contribution is -2.52. The van der Waals surface area contributed by atoms with Crippen molar-refractivity contribution in [1.82, 2.24) is 20.1 Å². The van der Waals surface area contributed by atoms with Crippen LogP contribution in [-0.2, 0) is 28.3 Å². The molecule has 3 aromatic rings. The van der Waals surface area contributed by atoms with Gasteiger partial charge in [0.1, 0.15) is 17.7 Å². The smallest absolute Gasteiger partial charge is 0.255 e. The van der Waals surface area contributed by atoms with Crippen molar-refractivity contribution in [2.45, 2.75) is 50.4 Å². The number of likely N-dealkylation sites (tertiary alicyclic amines) is 1. The Balaban J connectivity index is 1.20. The average molecular weight is 527 g/mol. The van der Waals surface area contributed by atoms with Crippen LogP contribution in [0.2, 0.25) is 0 Å². The maximum absolute atomic E-state index is 15.7. The number of amides is 3. The van der Waals surface area contributed by atoms with Gasteiger partial charge in [0, 0.05) is 31.6 Å². The fraction of sp³-hybridized carbons (Fsp3) is 0.385. The molecule has 192 valence electrons. The van der Waals surface area contributed by atoms with Crippen molar-refractivity contribution >= 4 is 39.3 Å². The minimum absolute atomic E-state index is 0.0291. The van der Waals surface area contributed by atoms with E-state index in [1.54, 1.807) is 16.8 Å². The summed E-state index contributed by atoms with van der Waals surface area (Å²) in [6.45, 7) is 1.28. The molecule has 8 nitrogen and oxygen atoms in total. The van der Waals surface area contributed by atoms with Crippen molar-refractivity contribution < 1.29 is 28.3 Å². The highest BCUT2D eigenvalue weighted by Gasteiger charge is 2.45. The highest BCUT2D eigenvalue weighted by molar-refractivity contribution is 7.16. The third-order valence-corrected chi connectivity index (χ3v) is 8.49. The van der Waals surface area contributed by atoms with E-state index in [-0.39, 0.29) is 43.4 Å². The molecule has 0 spiro atoms. The summed E-state index contributed by atoms with van der Waals surface area (Å²) in [4.78, 5) is 44.3. The number of hydrogen-bond acceptors (Lipinski definition) is 7. The summed E-state index contributed by atoms with van der Waals surface area (Å²) in [7, 11) is 0. The molecule has 3 aliphatic heterocycles. The number of halogens is 2. The number of carbonyl (C=O) groups excluding carboxylic acids is 3. The Kier molecular flexibility index (Phi) is 5.81. The van der Waals surface area contributed by atoms with E-state index in [0.717, 1.165) is 21.8 Å². The van der Waals surface area contributed by atoms with Gasteiger partial charge in [-0.25, -0.2) is 13.8 Å². The molecule has 0 aliphatic carbocycles. The number of aromatic nitrogens is 1. The van der Waals surface area contributed by atoms with Crippen LogP contribution in [0.15, 0.2) is 29.8 Å². The number of hydrogen-bond donors (Lipinski definition) is 2. The lowest BCUT2D eigenvalue weighted by molar-refractivity contribution is -0.136. The molecule has 0 radical (unpaired) electrons. The largest absolute Gasteiger partial charge is 0.385 e. The maximum atomic E-state index is 15.7. The monoisotopic (exact) mass is 526 g/mol. The lowest BCUT2D eigenvalue weighted by Gasteiger charge is -2.39. The van der Waals surface area contributed by atoms with E-state index < -0.39 is 46.6 Å². The van der Waals surface area contributed by atoms with Crippen LogP contribution in [0.5, 0.6) is 0 Å². The van der Waals surface area contributed by atoms with Crippen LogP contribution >= 0.6 is 11.3 Å². The van der Waals surface area contributed by atoms with Gasteiger partial charge in [0.25, 0.3) is 5.91 Å². The van der Waals surface area contributed by atoms with Crippen LogP contribution in [0, 0.1) is 11.6 Å². The zero-order valence-electron chi connectivity index (χ0n) is 19.8. The SMILES string of the molecule is O=C1CCC(N2Cc3c(cc(F)c(C4(O)CCN(Cc5ccc6scnc6c5)CC4)c3F)C2=O)C(=O)N1. The first-order chi connectivity index (χ1) is 17.7. The highest BCUT2D eigenvalue weighted by Crippen LogP contribution is 2.40. The van der Waals surface area contributed by atoms with Gasteiger partial charge in [-0.15, -0.1) is 11.3 Å². The number of benzene rings is 2. The highest BCUT2D eigenvalue weighted by atomic mass is 32.1. The van der Waals surface area contributed by atoms with Crippen molar-refractivity contribution in [2.24, 2.45) is 0 Å². The van der Waals surface area contributed by atoms with E-state index >= 15 is 8.78 Å². The number of carbonyl (C=O) groups is 3. The Morgan fingerprint density at radius 1 is 1.16 bits per heavy atom. The summed E-state index contributed by atoms with van der Waals surface area (Å²) in [5, 5.41) is 13.6. The summed E-state index contributed by atoms with van der Waals surface area (Å²) in [5.41, 5.74) is 1.48. The summed E-state index contributed by atoms with van der Waals surface area (Å²) in [6.07, 6.45) is 0.440. The van der Waals surface area contributed by atoms with Gasteiger partial charge in [-0.1, -0.05) is 6.07 Å². The second kappa shape index (κ2) is 8.93. The number of nitrogens with zero attached hydrogens (tertiary/aromatic N) is 3. The van der Waals surface area contributed by atoms with Gasteiger partial charge in [0.2, 0.25) is 11.8 Å². The van der Waals surface area contributed by atoms with E-state index in [1.807, 2.05) is 18.2 Å². The molecule has 3 amide bonds. The zero-order valence-corrected chi connectivity index (χ0v) is 20.6. The molecule has 4 heterocycles. The van der Waals surface area contributed by atoms with Crippen LogP contribution in [0.1, 0.15) is 52.7 Å². The lowest BCUT2D eigenvalue weighted by atomic mass is 9.82. The van der Waals surface area contributed by atoms with Crippen LogP contribution in [0.4, 0.5) is 8.78 Å². The van der Waals surface area contributed by atoms with Gasteiger partial charge in [0.15, 0.2) is 0 Å². The molecule has 1 aromatic heterocycles. The summed E-state index contributed by atoms with van der Waals surface area (Å²) in [5.74, 6) is -3.63. The molecule has 2 aromatic carbocycles. The Bertz CT molecular complexity index is 1450. The molecule has 0 bridgehead atoms. The Morgan fingerprint density at radius 3 is 2.70 bits per heavy atom. The van der Waals surface area contributed by atoms with E-state index in [2.05, 4.69) is 15.2 Å². The molecule has 1 unspecified atom stereocenters. The van der Waals surface area contributed by atoms with E-state index in [4.69, 9.17) is 0 Å². The van der Waals surface area contributed by atoms with Gasteiger partial charge in [-0.3, -0.25) is 24.6 Å². The maximum Gasteiger partial charge on any atom is 0.255 e. The molecular formula is C26H24F2N4O4S. The molecule has 2 fully saturated rings. The minimum atomic E-state index is -1.72. The first kappa shape index (κ1) is 24.1. The number of nitrogens with one attached hydrogen (secondary N) is 1. The third-order valence-electron chi connectivity index (χ3n) is 7.68. The van der Waals surface area contributed by atoms with Crippen LogP contribution in [0.25, 0.3) is 10.2 Å². The first-order valence-corrected chi connectivity index (χ1v) is 13.0. The summed E-state index contributed by atoms with van der Waals surface area (Å²) >= 11 is 1.57. The molecule has 2 saturated heterocycles. The molecular weight excluding hydrogens is 502 g/mol. The Hall–Kier alpha value is -3.28. The minimum Gasteiger partial charge on any atom is -0.385 e. The van der Waals surface area contributed by atoms with Gasteiger partial charge in [0.05, 0.1) is 39.0 Å². The zero-order chi connectivity index (χ0) is 25.9. The number of imide groups is 1. The first-order valence-electron chi connectivity index (χ1n) is 12.2. The van der Waals surface area contributed by atoms with Crippen molar-refractivity contribution in [2.75, 3.05) is 13.1 Å². The van der Waals surface area contributed by atoms with Crippen LogP contribution in [-0.4, -0.2) is 56.7 Å². The number of thiazole rings is 1. The van der Waals surface area contributed by atoms with Crippen molar-refractivity contribution in [3.8, 4) is 0 Å². The Labute approximate surface area is 214 Å². The van der Waals surface area contributed by atoms with E-state index in [0.29, 0.717) is 19.6 Å². The van der Waals surface area contributed by atoms with E-state index in [9.17, 15) is 19.5 Å². The summed E-state index contributed by atoms with van der Waals surface area (Å²) in [6, 6.07) is 6.12. The summed E-state index contributed by atoms with van der Waals surface area (Å²) < 4.78 is 32.1. The van der Waals surface area contributed by atoms with Gasteiger partial charge in [-0.2, -0.15) is 0 Å². The van der Waals surface area contributed by atoms with Gasteiger partial charge >= 0.3 is 0 Å². The van der Waals surface area contributed by atoms with Crippen molar-refractivity contribution in [3.05, 3.63) is 63.7 Å². The molecule has 11 heteroatoms. The van der Waals surface area contributed by atoms with E-state index in [1.165, 1.54) is 4.90 Å². The molecule has 3 aliphatic rings. The predicted octanol–water partition coefficient (Wildman–Crippen LogP) is 2.82. The standard InChI is InChI=1S/C26H24F2N4O4S/c27-17-10-15-16(12-32(25(15)35)19-2-4-21(33)30-24(19)34)23(28)22(17)26(36)5-7-31(8-6-26)11-14-1-3-20-18(9-14)29-13-37-20/h1,3,9-10,13,19,36H,2,4-8,11-12H2,(H,30,33,34). The average Bonchev–Trinajstić information content (AvgIpc) is 3.45. The van der Waals surface area contributed by atoms with Crippen LogP contribution in [0.3, 0.4) is 0 Å². The van der Waals surface area contributed by atoms with Crippen molar-refractivity contribution in [3.63, 3.8) is 0 Å². The predicted molar refractivity (Wildman–Crippen MR) is 130 cm³/mol.